The van der Waals surface area contributed by atoms with E-state index in [0.29, 0.717) is 15.7 Å². The molecule has 0 saturated heterocycles. The van der Waals surface area contributed by atoms with E-state index >= 15 is 0 Å². The van der Waals surface area contributed by atoms with Crippen LogP contribution in [-0.4, -0.2) is 25.4 Å². The van der Waals surface area contributed by atoms with Crippen LogP contribution in [0.2, 0.25) is 0 Å². The minimum absolute atomic E-state index is 0.199. The van der Waals surface area contributed by atoms with Gasteiger partial charge in [0.1, 0.15) is 10.6 Å². The van der Waals surface area contributed by atoms with Gasteiger partial charge in [0.2, 0.25) is 0 Å². The number of carbonyl (C=O) groups excluding carboxylic acids is 1. The summed E-state index contributed by atoms with van der Waals surface area (Å²) in [4.78, 5) is 26.3. The fourth-order valence-electron chi connectivity index (χ4n) is 2.28. The molecule has 0 bridgehead atoms. The number of nitrogens with zero attached hydrogens (tertiary/aromatic N) is 4. The topological polar surface area (TPSA) is 72.7 Å². The van der Waals surface area contributed by atoms with Gasteiger partial charge in [-0.25, -0.2) is 9.97 Å². The second-order valence-electron chi connectivity index (χ2n) is 5.21. The van der Waals surface area contributed by atoms with Crippen molar-refractivity contribution in [2.24, 2.45) is 0 Å². The van der Waals surface area contributed by atoms with Gasteiger partial charge in [-0.3, -0.25) is 15.1 Å². The van der Waals surface area contributed by atoms with Gasteiger partial charge in [0.05, 0.1) is 11.4 Å². The molecule has 0 aliphatic heterocycles. The minimum Gasteiger partial charge on any atom is -0.300 e. The average Bonchev–Trinajstić information content (AvgIpc) is 3.35. The molecule has 0 spiro atoms. The first-order valence-corrected chi connectivity index (χ1v) is 9.19. The monoisotopic (exact) mass is 367 g/mol. The average molecular weight is 367 g/mol. The number of pyridine rings is 1. The molecular weight excluding hydrogens is 354 g/mol. The van der Waals surface area contributed by atoms with Crippen LogP contribution < -0.4 is 5.32 Å². The second kappa shape index (κ2) is 6.58. The van der Waals surface area contributed by atoms with Crippen LogP contribution in [0.5, 0.6) is 0 Å². The van der Waals surface area contributed by atoms with Crippen LogP contribution in [0.3, 0.4) is 0 Å². The van der Waals surface area contributed by atoms with E-state index in [4.69, 9.17) is 0 Å². The zero-order valence-electron chi connectivity index (χ0n) is 13.2. The van der Waals surface area contributed by atoms with Crippen LogP contribution in [0, 0.1) is 6.92 Å². The smallest absolute Gasteiger partial charge is 0.269 e. The Morgan fingerprint density at radius 3 is 2.72 bits per heavy atom. The van der Waals surface area contributed by atoms with Crippen molar-refractivity contribution in [1.29, 1.82) is 0 Å². The Balaban J connectivity index is 1.54. The van der Waals surface area contributed by atoms with E-state index in [1.807, 2.05) is 59.6 Å². The van der Waals surface area contributed by atoms with Crippen molar-refractivity contribution in [2.45, 2.75) is 6.92 Å². The Morgan fingerprint density at radius 2 is 1.96 bits per heavy atom. The van der Waals surface area contributed by atoms with Crippen molar-refractivity contribution in [1.82, 2.24) is 19.5 Å². The Kier molecular flexibility index (Phi) is 4.12. The predicted octanol–water partition coefficient (Wildman–Crippen LogP) is 4.01. The molecule has 124 valence electrons. The van der Waals surface area contributed by atoms with E-state index in [9.17, 15) is 4.79 Å². The summed E-state index contributed by atoms with van der Waals surface area (Å²) in [6, 6.07) is 9.49. The third-order valence-corrected chi connectivity index (χ3v) is 5.40. The quantitative estimate of drug-likeness (QED) is 0.591. The maximum atomic E-state index is 12.6. The van der Waals surface area contributed by atoms with Gasteiger partial charge in [0.25, 0.3) is 5.91 Å². The van der Waals surface area contributed by atoms with Crippen molar-refractivity contribution >= 4 is 33.7 Å². The first-order valence-electron chi connectivity index (χ1n) is 7.50. The molecule has 4 aromatic rings. The Bertz CT molecular complexity index is 1010. The van der Waals surface area contributed by atoms with E-state index in [1.165, 1.54) is 22.7 Å². The van der Waals surface area contributed by atoms with Gasteiger partial charge in [-0.05, 0) is 31.2 Å². The molecule has 6 nitrogen and oxygen atoms in total. The fourth-order valence-corrected chi connectivity index (χ4v) is 3.91. The first-order chi connectivity index (χ1) is 12.2. The van der Waals surface area contributed by atoms with Crippen molar-refractivity contribution in [2.75, 3.05) is 5.32 Å². The first kappa shape index (κ1) is 15.7. The van der Waals surface area contributed by atoms with Crippen LogP contribution in [0.15, 0.2) is 54.3 Å². The lowest BCUT2D eigenvalue weighted by Crippen LogP contribution is -2.11. The van der Waals surface area contributed by atoms with Crippen molar-refractivity contribution in [3.8, 4) is 16.5 Å². The lowest BCUT2D eigenvalue weighted by molar-refractivity contribution is 0.103. The van der Waals surface area contributed by atoms with Crippen molar-refractivity contribution < 1.29 is 4.79 Å². The summed E-state index contributed by atoms with van der Waals surface area (Å²) in [5.41, 5.74) is 2.23. The molecule has 0 unspecified atom stereocenters. The fraction of sp³-hybridized carbons (Fsp3) is 0.0588. The number of carbonyl (C=O) groups is 1. The van der Waals surface area contributed by atoms with E-state index < -0.39 is 0 Å². The van der Waals surface area contributed by atoms with Crippen molar-refractivity contribution in [3.63, 3.8) is 0 Å². The summed E-state index contributed by atoms with van der Waals surface area (Å²) in [6.07, 6.45) is 5.52. The summed E-state index contributed by atoms with van der Waals surface area (Å²) in [5.74, 6) is -0.199. The number of hydrogen-bond acceptors (Lipinski definition) is 6. The lowest BCUT2D eigenvalue weighted by atomic mass is 10.3. The normalized spacial score (nSPS) is 10.8. The third kappa shape index (κ3) is 3.21. The molecule has 25 heavy (non-hydrogen) atoms. The van der Waals surface area contributed by atoms with Gasteiger partial charge in [-0.1, -0.05) is 17.4 Å². The highest BCUT2D eigenvalue weighted by Crippen LogP contribution is 2.26. The number of anilines is 1. The molecule has 0 aliphatic carbocycles. The SMILES string of the molecule is Cc1nc(-n2cccc2)sc1C(=O)Nc1nc(-c2ccccn2)cs1. The number of rotatable bonds is 4. The maximum absolute atomic E-state index is 12.6. The predicted molar refractivity (Wildman–Crippen MR) is 99.5 cm³/mol. The molecule has 4 aromatic heterocycles. The van der Waals surface area contributed by atoms with E-state index in [-0.39, 0.29) is 5.91 Å². The molecule has 0 aliphatic rings. The second-order valence-corrected chi connectivity index (χ2v) is 7.04. The van der Waals surface area contributed by atoms with Gasteiger partial charge < -0.3 is 4.57 Å². The van der Waals surface area contributed by atoms with Gasteiger partial charge in [-0.15, -0.1) is 11.3 Å². The zero-order chi connectivity index (χ0) is 17.2. The van der Waals surface area contributed by atoms with E-state index in [2.05, 4.69) is 20.3 Å². The summed E-state index contributed by atoms with van der Waals surface area (Å²) in [7, 11) is 0. The number of aryl methyl sites for hydroxylation is 1. The van der Waals surface area contributed by atoms with Gasteiger partial charge in [0, 0.05) is 24.0 Å². The van der Waals surface area contributed by atoms with Crippen LogP contribution in [0.4, 0.5) is 5.13 Å². The number of amides is 1. The molecule has 8 heteroatoms. The summed E-state index contributed by atoms with van der Waals surface area (Å²) in [5, 5.41) is 6.03. The van der Waals surface area contributed by atoms with Gasteiger partial charge >= 0.3 is 0 Å². The summed E-state index contributed by atoms with van der Waals surface area (Å²) >= 11 is 2.73. The number of aromatic nitrogens is 4. The number of thiazole rings is 2. The highest BCUT2D eigenvalue weighted by atomic mass is 32.1. The summed E-state index contributed by atoms with van der Waals surface area (Å²) in [6.45, 7) is 1.83. The van der Waals surface area contributed by atoms with E-state index in [0.717, 1.165) is 16.5 Å². The van der Waals surface area contributed by atoms with Crippen molar-refractivity contribution in [3.05, 3.63) is 64.9 Å². The molecule has 0 aromatic carbocycles. The standard InChI is InChI=1S/C17H13N5OS2/c1-11-14(25-17(19-11)22-8-4-5-9-22)15(23)21-16-20-13(10-24-16)12-6-2-3-7-18-12/h2-10H,1H3,(H,20,21,23). The molecular formula is C17H13N5OS2. The van der Waals surface area contributed by atoms with Gasteiger partial charge in [-0.2, -0.15) is 0 Å². The zero-order valence-corrected chi connectivity index (χ0v) is 14.8. The molecule has 0 radical (unpaired) electrons. The molecule has 1 amide bonds. The lowest BCUT2D eigenvalue weighted by Gasteiger charge is -1.99. The molecule has 0 saturated carbocycles. The van der Waals surface area contributed by atoms with E-state index in [1.54, 1.807) is 6.20 Å². The van der Waals surface area contributed by atoms with Crippen LogP contribution in [0.1, 0.15) is 15.4 Å². The maximum Gasteiger partial charge on any atom is 0.269 e. The van der Waals surface area contributed by atoms with Crippen LogP contribution in [0.25, 0.3) is 16.5 Å². The minimum atomic E-state index is -0.199. The molecule has 4 rings (SSSR count). The third-order valence-electron chi connectivity index (χ3n) is 3.47. The summed E-state index contributed by atoms with van der Waals surface area (Å²) < 4.78 is 1.89. The Labute approximate surface area is 151 Å². The molecule has 1 N–H and O–H groups in total. The molecule has 0 fully saturated rings. The van der Waals surface area contributed by atoms with Crippen LogP contribution >= 0.6 is 22.7 Å². The highest BCUT2D eigenvalue weighted by Gasteiger charge is 2.17. The Hall–Kier alpha value is -2.84. The van der Waals surface area contributed by atoms with Gasteiger partial charge in [0.15, 0.2) is 10.3 Å². The van der Waals surface area contributed by atoms with Crippen LogP contribution in [-0.2, 0) is 0 Å². The largest absolute Gasteiger partial charge is 0.300 e. The Morgan fingerprint density at radius 1 is 1.12 bits per heavy atom. The number of hydrogen-bond donors (Lipinski definition) is 1. The highest BCUT2D eigenvalue weighted by molar-refractivity contribution is 7.16. The molecule has 0 atom stereocenters. The molecule has 4 heterocycles. The number of nitrogens with one attached hydrogen (secondary N) is 1.